The molecule has 142 valence electrons. The Labute approximate surface area is 158 Å². The molecule has 0 aromatic rings. The van der Waals surface area contributed by atoms with Gasteiger partial charge in [-0.25, -0.2) is 0 Å². The Morgan fingerprint density at radius 1 is 0.960 bits per heavy atom. The van der Waals surface area contributed by atoms with E-state index in [4.69, 9.17) is 0 Å². The van der Waals surface area contributed by atoms with E-state index in [2.05, 4.69) is 45.2 Å². The summed E-state index contributed by atoms with van der Waals surface area (Å²) in [6.07, 6.45) is 16.9. The van der Waals surface area contributed by atoms with Gasteiger partial charge in [-0.15, -0.1) is 6.58 Å². The topological polar surface area (TPSA) is 3.24 Å². The van der Waals surface area contributed by atoms with E-state index in [1.54, 1.807) is 0 Å². The van der Waals surface area contributed by atoms with Crippen LogP contribution >= 0.6 is 0 Å². The Morgan fingerprint density at radius 3 is 2.36 bits per heavy atom. The molecule has 5 atom stereocenters. The summed E-state index contributed by atoms with van der Waals surface area (Å²) < 4.78 is 0. The van der Waals surface area contributed by atoms with Crippen LogP contribution in [-0.4, -0.2) is 23.7 Å². The van der Waals surface area contributed by atoms with Gasteiger partial charge in [0.05, 0.1) is 0 Å². The first-order chi connectivity index (χ1) is 12.0. The summed E-state index contributed by atoms with van der Waals surface area (Å²) in [4.78, 5) is 2.93. The molecule has 0 aliphatic heterocycles. The lowest BCUT2D eigenvalue weighted by Gasteiger charge is -2.45. The van der Waals surface area contributed by atoms with E-state index >= 15 is 0 Å². The van der Waals surface area contributed by atoms with Gasteiger partial charge < -0.3 is 4.81 Å². The second kappa shape index (κ2) is 8.64. The monoisotopic (exact) mass is 343 g/mol. The molecule has 1 nitrogen and oxygen atoms in total. The first kappa shape index (κ1) is 19.5. The summed E-state index contributed by atoms with van der Waals surface area (Å²) in [5, 5.41) is 0. The van der Waals surface area contributed by atoms with Gasteiger partial charge in [-0.05, 0) is 47.9 Å². The fraction of sp³-hybridized carbons (Fsp3) is 0.913. The van der Waals surface area contributed by atoms with E-state index < -0.39 is 0 Å². The maximum atomic E-state index is 4.01. The van der Waals surface area contributed by atoms with Gasteiger partial charge in [0.15, 0.2) is 0 Å². The smallest absolute Gasteiger partial charge is 0.230 e. The quantitative estimate of drug-likeness (QED) is 0.362. The average molecular weight is 343 g/mol. The third-order valence-electron chi connectivity index (χ3n) is 7.93. The molecule has 0 aromatic heterocycles. The summed E-state index contributed by atoms with van der Waals surface area (Å²) in [6.45, 7) is 14.6. The molecule has 0 heterocycles. The second-order valence-electron chi connectivity index (χ2n) is 10.0. The maximum Gasteiger partial charge on any atom is 0.230 e. The van der Waals surface area contributed by atoms with Crippen molar-refractivity contribution in [2.75, 3.05) is 0 Å². The van der Waals surface area contributed by atoms with Gasteiger partial charge in [0, 0.05) is 0 Å². The van der Waals surface area contributed by atoms with Crippen molar-refractivity contribution in [3.63, 3.8) is 0 Å². The maximum absolute atomic E-state index is 4.01. The number of fused-ring (bicyclic) bond motifs is 1. The Balaban J connectivity index is 1.83. The van der Waals surface area contributed by atoms with Crippen molar-refractivity contribution in [3.05, 3.63) is 12.7 Å². The highest BCUT2D eigenvalue weighted by atomic mass is 15.1. The van der Waals surface area contributed by atoms with Gasteiger partial charge in [0.25, 0.3) is 0 Å². The molecule has 0 N–H and O–H groups in total. The van der Waals surface area contributed by atoms with Gasteiger partial charge in [-0.2, -0.15) is 0 Å². The highest BCUT2D eigenvalue weighted by Gasteiger charge is 2.49. The second-order valence-corrected chi connectivity index (χ2v) is 10.0. The average Bonchev–Trinajstić information content (AvgIpc) is 3.19. The van der Waals surface area contributed by atoms with E-state index in [-0.39, 0.29) is 0 Å². The van der Waals surface area contributed by atoms with Crippen molar-refractivity contribution in [3.8, 4) is 0 Å². The van der Waals surface area contributed by atoms with Crippen LogP contribution in [-0.2, 0) is 0 Å². The molecule has 0 aromatic carbocycles. The predicted molar refractivity (Wildman–Crippen MR) is 112 cm³/mol. The zero-order chi connectivity index (χ0) is 18.0. The van der Waals surface area contributed by atoms with Crippen LogP contribution in [0.2, 0.25) is 11.6 Å². The van der Waals surface area contributed by atoms with Crippen LogP contribution in [0.3, 0.4) is 0 Å². The molecule has 0 radical (unpaired) electrons. The fourth-order valence-electron chi connectivity index (χ4n) is 7.18. The van der Waals surface area contributed by atoms with E-state index in [9.17, 15) is 0 Å². The fourth-order valence-corrected chi connectivity index (χ4v) is 7.18. The lowest BCUT2D eigenvalue weighted by molar-refractivity contribution is 0.252. The van der Waals surface area contributed by atoms with Crippen LogP contribution in [0.15, 0.2) is 12.7 Å². The standard InChI is InChI=1S/C23H42BN/c1-6-9-19-12-14-21(16-19)24(25(17(2)3)18(4)5)23-15-13-20-10-7-8-11-22(20)23/h6,17-23H,1,7-16H2,2-5H3. The van der Waals surface area contributed by atoms with Crippen molar-refractivity contribution in [1.82, 2.24) is 4.81 Å². The van der Waals surface area contributed by atoms with Gasteiger partial charge >= 0.3 is 0 Å². The zero-order valence-electron chi connectivity index (χ0n) is 17.4. The van der Waals surface area contributed by atoms with Crippen molar-refractivity contribution in [2.24, 2.45) is 17.8 Å². The number of allylic oxidation sites excluding steroid dienone is 1. The van der Waals surface area contributed by atoms with Crippen LogP contribution in [0.4, 0.5) is 0 Å². The molecule has 0 saturated heterocycles. The Hall–Kier alpha value is -0.235. The van der Waals surface area contributed by atoms with Crippen LogP contribution in [0.5, 0.6) is 0 Å². The number of hydrogen-bond acceptors (Lipinski definition) is 1. The molecule has 0 amide bonds. The third kappa shape index (κ3) is 4.20. The number of hydrogen-bond donors (Lipinski definition) is 0. The summed E-state index contributed by atoms with van der Waals surface area (Å²) in [7, 11) is 0. The molecular formula is C23H42BN. The van der Waals surface area contributed by atoms with Gasteiger partial charge in [0.2, 0.25) is 6.85 Å². The minimum atomic E-state index is 0.672. The highest BCUT2D eigenvalue weighted by molar-refractivity contribution is 6.59. The molecule has 3 saturated carbocycles. The largest absolute Gasteiger partial charge is 0.337 e. The van der Waals surface area contributed by atoms with Gasteiger partial charge in [0.1, 0.15) is 0 Å². The summed E-state index contributed by atoms with van der Waals surface area (Å²) in [5.74, 6) is 4.92. The lowest BCUT2D eigenvalue weighted by Crippen LogP contribution is -2.53. The summed E-state index contributed by atoms with van der Waals surface area (Å²) in [6, 6.07) is 1.34. The molecule has 3 aliphatic carbocycles. The molecule has 3 rings (SSSR count). The first-order valence-electron chi connectivity index (χ1n) is 11.4. The molecular weight excluding hydrogens is 301 g/mol. The third-order valence-corrected chi connectivity index (χ3v) is 7.93. The van der Waals surface area contributed by atoms with Crippen LogP contribution in [0, 0.1) is 17.8 Å². The normalized spacial score (nSPS) is 35.6. The summed E-state index contributed by atoms with van der Waals surface area (Å²) in [5.41, 5.74) is 0. The molecule has 2 heteroatoms. The van der Waals surface area contributed by atoms with Gasteiger partial charge in [-0.1, -0.05) is 91.6 Å². The Morgan fingerprint density at radius 2 is 1.68 bits per heavy atom. The van der Waals surface area contributed by atoms with E-state index in [0.29, 0.717) is 12.1 Å². The lowest BCUT2D eigenvalue weighted by atomic mass is 9.37. The van der Waals surface area contributed by atoms with Crippen molar-refractivity contribution in [2.45, 2.75) is 116 Å². The molecule has 25 heavy (non-hydrogen) atoms. The minimum Gasteiger partial charge on any atom is -0.337 e. The van der Waals surface area contributed by atoms with Crippen LogP contribution in [0.25, 0.3) is 0 Å². The molecule has 3 aliphatic rings. The zero-order valence-corrected chi connectivity index (χ0v) is 17.4. The van der Waals surface area contributed by atoms with Crippen molar-refractivity contribution in [1.29, 1.82) is 0 Å². The van der Waals surface area contributed by atoms with Crippen LogP contribution < -0.4 is 0 Å². The Bertz CT molecular complexity index is 424. The van der Waals surface area contributed by atoms with E-state index in [1.807, 2.05) is 0 Å². The molecule has 5 unspecified atom stereocenters. The van der Waals surface area contributed by atoms with Gasteiger partial charge in [-0.3, -0.25) is 0 Å². The van der Waals surface area contributed by atoms with Crippen LogP contribution in [0.1, 0.15) is 91.9 Å². The Kier molecular flexibility index (Phi) is 6.74. The first-order valence-corrected chi connectivity index (χ1v) is 11.4. The number of nitrogens with zero attached hydrogens (tertiary/aromatic N) is 1. The highest BCUT2D eigenvalue weighted by Crippen LogP contribution is 2.55. The number of rotatable bonds is 7. The molecule has 0 bridgehead atoms. The van der Waals surface area contributed by atoms with Crippen molar-refractivity contribution >= 4 is 6.85 Å². The van der Waals surface area contributed by atoms with E-state index in [0.717, 1.165) is 36.2 Å². The summed E-state index contributed by atoms with van der Waals surface area (Å²) >= 11 is 0. The van der Waals surface area contributed by atoms with Crippen molar-refractivity contribution < 1.29 is 0 Å². The SMILES string of the molecule is C=CCC1CCC(B(C2CCC3CCCCC32)N(C(C)C)C(C)C)C1. The predicted octanol–water partition coefficient (Wildman–Crippen LogP) is 6.81. The minimum absolute atomic E-state index is 0.672. The molecule has 3 fully saturated rings. The van der Waals surface area contributed by atoms with E-state index in [1.165, 1.54) is 64.2 Å². The molecule has 0 spiro atoms.